The number of aliphatic hydroxyl groups excluding tert-OH is 1. The Kier molecular flexibility index (Phi) is 12.4. The molecule has 2 saturated heterocycles. The molecule has 2 fully saturated rings. The number of ether oxygens (including phenoxy) is 1. The van der Waals surface area contributed by atoms with Gasteiger partial charge in [0.1, 0.15) is 23.6 Å². The number of hydrogen-bond acceptors (Lipinski definition) is 13. The van der Waals surface area contributed by atoms with Crippen molar-refractivity contribution in [1.82, 2.24) is 34.3 Å². The Morgan fingerprint density at radius 2 is 1.86 bits per heavy atom. The van der Waals surface area contributed by atoms with Crippen molar-refractivity contribution in [3.05, 3.63) is 117 Å². The number of nitrogens with zero attached hydrogens (tertiary/aromatic N) is 7. The predicted molar refractivity (Wildman–Crippen MR) is 250 cm³/mol. The number of carbonyl (C=O) groups is 1. The monoisotopic (exact) mass is 922 g/mol. The number of anilines is 2. The molecule has 9 rings (SSSR count). The van der Waals surface area contributed by atoms with E-state index in [-0.39, 0.29) is 36.0 Å². The summed E-state index contributed by atoms with van der Waals surface area (Å²) in [5.41, 5.74) is 6.68. The Labute approximate surface area is 381 Å². The lowest BCUT2D eigenvalue weighted by atomic mass is 9.72. The summed E-state index contributed by atoms with van der Waals surface area (Å²) in [5, 5.41) is 34.3. The number of aliphatic hydroxyl groups is 1. The van der Waals surface area contributed by atoms with Crippen molar-refractivity contribution in [3.63, 3.8) is 0 Å². The summed E-state index contributed by atoms with van der Waals surface area (Å²) in [4.78, 5) is 34.7. The summed E-state index contributed by atoms with van der Waals surface area (Å²) in [6.07, 6.45) is 6.21. The number of benzene rings is 3. The zero-order valence-corrected chi connectivity index (χ0v) is 37.7. The molecule has 0 saturated carbocycles. The largest absolute Gasteiger partial charge is 0.377 e. The van der Waals surface area contributed by atoms with Crippen LogP contribution in [0.4, 0.5) is 17.1 Å². The van der Waals surface area contributed by atoms with E-state index in [1.165, 1.54) is 28.8 Å². The molecule has 1 amide bonds. The Balaban J connectivity index is 0.991. The highest BCUT2D eigenvalue weighted by atomic mass is 35.5. The lowest BCUT2D eigenvalue weighted by Crippen LogP contribution is -2.47. The van der Waals surface area contributed by atoms with Crippen LogP contribution in [0.2, 0.25) is 5.02 Å². The first-order valence-corrected chi connectivity index (χ1v) is 23.6. The molecule has 5 heterocycles. The van der Waals surface area contributed by atoms with Gasteiger partial charge in [-0.1, -0.05) is 43.2 Å². The van der Waals surface area contributed by atoms with Gasteiger partial charge in [0, 0.05) is 80.7 Å². The van der Waals surface area contributed by atoms with Crippen LogP contribution in [0.25, 0.3) is 33.3 Å². The van der Waals surface area contributed by atoms with E-state index < -0.39 is 31.4 Å². The first kappa shape index (κ1) is 44.3. The van der Waals surface area contributed by atoms with Gasteiger partial charge in [0.15, 0.2) is 0 Å². The fraction of sp³-hybridized carbons (Fsp3) is 0.370. The molecular weight excluding hydrogens is 872 g/mol. The number of halogens is 1. The SMILES string of the molecule is CC1(C)CCC(CN2CCN(c3ccc(C(=O)NS(=O)(=O)c4ccc(NCC5CNCCO5)c([N+](=O)[O-])c4)c(-n4ncc5nc6c(ccn6CO)cc54)c3)CC2)=C(c2ccc(Cl)cc2)C1. The zero-order valence-electron chi connectivity index (χ0n) is 36.2. The molecule has 2 aliphatic heterocycles. The average molecular weight is 923 g/mol. The number of allylic oxidation sites excluding steroid dienone is 1. The van der Waals surface area contributed by atoms with Gasteiger partial charge in [0.05, 0.1) is 45.5 Å². The number of pyridine rings is 1. The molecule has 6 aromatic rings. The summed E-state index contributed by atoms with van der Waals surface area (Å²) >= 11 is 6.26. The molecule has 4 N–H and O–H groups in total. The maximum Gasteiger partial charge on any atom is 0.293 e. The number of hydrogen-bond donors (Lipinski definition) is 4. The second-order valence-corrected chi connectivity index (χ2v) is 19.8. The Bertz CT molecular complexity index is 2920. The number of nitro groups is 1. The van der Waals surface area contributed by atoms with E-state index in [9.17, 15) is 28.4 Å². The molecule has 1 atom stereocenters. The van der Waals surface area contributed by atoms with Gasteiger partial charge in [0.25, 0.3) is 21.6 Å². The summed E-state index contributed by atoms with van der Waals surface area (Å²) in [6, 6.07) is 20.5. The van der Waals surface area contributed by atoms with E-state index in [0.717, 1.165) is 61.1 Å². The molecule has 3 aliphatic rings. The minimum atomic E-state index is -4.61. The summed E-state index contributed by atoms with van der Waals surface area (Å²) in [7, 11) is -4.61. The predicted octanol–water partition coefficient (Wildman–Crippen LogP) is 6.19. The highest BCUT2D eigenvalue weighted by Crippen LogP contribution is 2.43. The summed E-state index contributed by atoms with van der Waals surface area (Å²) < 4.78 is 38.7. The van der Waals surface area contributed by atoms with Crippen molar-refractivity contribution in [2.75, 3.05) is 69.2 Å². The molecule has 0 bridgehead atoms. The van der Waals surface area contributed by atoms with Gasteiger partial charge in [-0.2, -0.15) is 5.10 Å². The highest BCUT2D eigenvalue weighted by Gasteiger charge is 2.31. The second kappa shape index (κ2) is 18.2. The van der Waals surface area contributed by atoms with Crippen molar-refractivity contribution in [2.45, 2.75) is 50.8 Å². The van der Waals surface area contributed by atoms with Crippen molar-refractivity contribution in [2.24, 2.45) is 5.41 Å². The number of amides is 1. The normalized spacial score (nSPS) is 18.3. The lowest BCUT2D eigenvalue weighted by molar-refractivity contribution is -0.384. The molecule has 0 spiro atoms. The number of sulfonamides is 1. The van der Waals surface area contributed by atoms with Gasteiger partial charge in [-0.3, -0.25) is 19.8 Å². The quantitative estimate of drug-likeness (QED) is 0.0756. The highest BCUT2D eigenvalue weighted by molar-refractivity contribution is 7.90. The van der Waals surface area contributed by atoms with Crippen molar-refractivity contribution in [3.8, 4) is 5.69 Å². The van der Waals surface area contributed by atoms with E-state index in [4.69, 9.17) is 21.3 Å². The van der Waals surface area contributed by atoms with Gasteiger partial charge in [-0.25, -0.2) is 22.8 Å². The van der Waals surface area contributed by atoms with Gasteiger partial charge in [0.2, 0.25) is 0 Å². The number of aromatic nitrogens is 4. The Morgan fingerprint density at radius 1 is 1.06 bits per heavy atom. The van der Waals surface area contributed by atoms with Crippen LogP contribution >= 0.6 is 11.6 Å². The fourth-order valence-corrected chi connectivity index (χ4v) is 10.1. The van der Waals surface area contributed by atoms with E-state index in [0.29, 0.717) is 55.2 Å². The van der Waals surface area contributed by atoms with E-state index in [1.807, 2.05) is 30.3 Å². The first-order chi connectivity index (χ1) is 31.2. The fourth-order valence-electron chi connectivity index (χ4n) is 9.03. The average Bonchev–Trinajstić information content (AvgIpc) is 3.91. The van der Waals surface area contributed by atoms with Crippen LogP contribution in [0.1, 0.15) is 49.0 Å². The van der Waals surface area contributed by atoms with Crippen molar-refractivity contribution in [1.29, 1.82) is 0 Å². The maximum absolute atomic E-state index is 14.2. The van der Waals surface area contributed by atoms with Crippen LogP contribution in [0.5, 0.6) is 0 Å². The van der Waals surface area contributed by atoms with E-state index in [2.05, 4.69) is 56.2 Å². The third-order valence-electron chi connectivity index (χ3n) is 12.6. The molecular formula is C46H51ClN10O7S. The van der Waals surface area contributed by atoms with Crippen LogP contribution in [0, 0.1) is 15.5 Å². The van der Waals surface area contributed by atoms with Gasteiger partial charge < -0.3 is 29.9 Å². The molecule has 3 aromatic heterocycles. The standard InChI is InChI=1S/C46H51ClN10O7S/c1-46(2)13-11-32(38(24-46)30-3-5-33(47)6-4-30)28-53-16-18-54(19-17-53)34-7-9-37(41(22-34)56-42-21-31-12-15-55(29-58)44(31)51-40(42)27-50-56)45(59)52-65(62,63)36-8-10-39(43(23-36)57(60)61)49-26-35-25-48-14-20-64-35/h3-10,12,15,21-23,27,35,48-49,58H,11,13-14,16-20,24-26,28-29H2,1-2H3,(H,52,59). The van der Waals surface area contributed by atoms with E-state index in [1.54, 1.807) is 33.8 Å². The number of carbonyl (C=O) groups excluding carboxylic acids is 1. The second-order valence-electron chi connectivity index (χ2n) is 17.6. The minimum Gasteiger partial charge on any atom is -0.377 e. The van der Waals surface area contributed by atoms with Crippen LogP contribution < -0.4 is 20.3 Å². The minimum absolute atomic E-state index is 0.00440. The number of nitro benzene ring substituents is 1. The molecule has 65 heavy (non-hydrogen) atoms. The Hall–Kier alpha value is -5.89. The van der Waals surface area contributed by atoms with Crippen LogP contribution in [-0.2, 0) is 21.5 Å². The van der Waals surface area contributed by atoms with Crippen LogP contribution in [0.15, 0.2) is 95.7 Å². The zero-order chi connectivity index (χ0) is 45.5. The smallest absolute Gasteiger partial charge is 0.293 e. The molecule has 1 unspecified atom stereocenters. The first-order valence-electron chi connectivity index (χ1n) is 21.7. The molecule has 3 aromatic carbocycles. The molecule has 340 valence electrons. The van der Waals surface area contributed by atoms with Crippen molar-refractivity contribution < 1.29 is 28.0 Å². The van der Waals surface area contributed by atoms with Crippen LogP contribution in [-0.4, -0.2) is 114 Å². The number of nitrogens with one attached hydrogen (secondary N) is 3. The maximum atomic E-state index is 14.2. The lowest BCUT2D eigenvalue weighted by Gasteiger charge is -2.39. The summed E-state index contributed by atoms with van der Waals surface area (Å²) in [5.74, 6) is -0.951. The number of fused-ring (bicyclic) bond motifs is 2. The van der Waals surface area contributed by atoms with Gasteiger partial charge in [-0.05, 0) is 90.4 Å². The molecule has 1 aliphatic carbocycles. The molecule has 19 heteroatoms. The number of morpholine rings is 1. The summed E-state index contributed by atoms with van der Waals surface area (Å²) in [6.45, 7) is 10.3. The third kappa shape index (κ3) is 9.45. The van der Waals surface area contributed by atoms with Gasteiger partial charge in [-0.15, -0.1) is 0 Å². The number of rotatable bonds is 13. The van der Waals surface area contributed by atoms with E-state index >= 15 is 0 Å². The Morgan fingerprint density at radius 3 is 2.60 bits per heavy atom. The van der Waals surface area contributed by atoms with Gasteiger partial charge >= 0.3 is 0 Å². The molecule has 17 nitrogen and oxygen atoms in total. The number of piperazine rings is 1. The van der Waals surface area contributed by atoms with Crippen molar-refractivity contribution >= 4 is 72.2 Å². The third-order valence-corrected chi connectivity index (χ3v) is 14.2. The molecule has 0 radical (unpaired) electrons. The topological polar surface area (TPSA) is 202 Å². The van der Waals surface area contributed by atoms with Crippen LogP contribution in [0.3, 0.4) is 0 Å².